The van der Waals surface area contributed by atoms with E-state index in [1.54, 1.807) is 0 Å². The zero-order valence-corrected chi connectivity index (χ0v) is 16.9. The van der Waals surface area contributed by atoms with Gasteiger partial charge in [-0.05, 0) is 18.9 Å². The smallest absolute Gasteiger partial charge is 0.176 e. The molecule has 1 heterocycles. The lowest BCUT2D eigenvalue weighted by Gasteiger charge is -2.47. The van der Waals surface area contributed by atoms with E-state index in [1.165, 1.54) is 6.92 Å². The van der Waals surface area contributed by atoms with Crippen LogP contribution >= 0.6 is 0 Å². The Balaban J connectivity index is 1.63. The highest BCUT2D eigenvalue weighted by molar-refractivity contribution is 5.14. The fraction of sp³-hybridized carbons (Fsp3) is 0.700. The van der Waals surface area contributed by atoms with E-state index in [2.05, 4.69) is 5.32 Å². The lowest BCUT2D eigenvalue weighted by molar-refractivity contribution is -0.301. The van der Waals surface area contributed by atoms with Crippen molar-refractivity contribution < 1.29 is 35.0 Å². The summed E-state index contributed by atoms with van der Waals surface area (Å²) in [6.07, 6.45) is -9.39. The van der Waals surface area contributed by atoms with Gasteiger partial charge in [0.1, 0.15) is 30.5 Å². The lowest BCUT2D eigenvalue weighted by Crippen LogP contribution is -2.68. The molecule has 0 bridgehead atoms. The minimum absolute atomic E-state index is 0.322. The molecule has 0 spiro atoms. The van der Waals surface area contributed by atoms with Crippen LogP contribution in [0.2, 0.25) is 0 Å². The van der Waals surface area contributed by atoms with Gasteiger partial charge in [-0.3, -0.25) is 0 Å². The standard InChI is InChI=1S/C20H33N3O7/c1-9(24)18-17(28)15(26)13(22)20(29-18)30-19-11(21)7-12(14(25)16(19)27)23-8-10-5-3-2-4-6-10/h2-6,9,11-20,23-28H,7-8,21-22H2,1H3/t9-,11?,12?,13+,14-,15?,16-,17+,18?,19-,20-/m1/s1. The van der Waals surface area contributed by atoms with E-state index in [4.69, 9.17) is 20.9 Å². The topological polar surface area (TPSA) is 184 Å². The van der Waals surface area contributed by atoms with Gasteiger partial charge < -0.3 is 51.8 Å². The van der Waals surface area contributed by atoms with Gasteiger partial charge in [0.25, 0.3) is 0 Å². The molecule has 1 saturated carbocycles. The van der Waals surface area contributed by atoms with Crippen LogP contribution in [0, 0.1) is 0 Å². The third-order valence-electron chi connectivity index (χ3n) is 5.91. The van der Waals surface area contributed by atoms with Crippen molar-refractivity contribution in [2.45, 2.75) is 87.0 Å². The van der Waals surface area contributed by atoms with Crippen LogP contribution in [-0.2, 0) is 16.0 Å². The average Bonchev–Trinajstić information content (AvgIpc) is 2.73. The predicted octanol–water partition coefficient (Wildman–Crippen LogP) is -2.86. The molecule has 30 heavy (non-hydrogen) atoms. The highest BCUT2D eigenvalue weighted by Crippen LogP contribution is 2.28. The van der Waals surface area contributed by atoms with Crippen molar-refractivity contribution in [3.05, 3.63) is 35.9 Å². The molecule has 0 aromatic heterocycles. The number of nitrogens with two attached hydrogens (primary N) is 2. The molecule has 2 aliphatic rings. The van der Waals surface area contributed by atoms with E-state index in [1.807, 2.05) is 30.3 Å². The summed E-state index contributed by atoms with van der Waals surface area (Å²) in [5, 5.41) is 54.4. The summed E-state index contributed by atoms with van der Waals surface area (Å²) in [5.41, 5.74) is 13.2. The first-order valence-corrected chi connectivity index (χ1v) is 10.2. The summed E-state index contributed by atoms with van der Waals surface area (Å²) in [7, 11) is 0. The molecule has 0 radical (unpaired) electrons. The van der Waals surface area contributed by atoms with E-state index >= 15 is 0 Å². The zero-order valence-electron chi connectivity index (χ0n) is 16.9. The third-order valence-corrected chi connectivity index (χ3v) is 5.91. The predicted molar refractivity (Wildman–Crippen MR) is 107 cm³/mol. The van der Waals surface area contributed by atoms with E-state index in [0.717, 1.165) is 5.56 Å². The maximum absolute atomic E-state index is 10.6. The average molecular weight is 427 g/mol. The van der Waals surface area contributed by atoms with Crippen LogP contribution in [0.15, 0.2) is 30.3 Å². The lowest BCUT2D eigenvalue weighted by atomic mass is 9.84. The molecule has 2 fully saturated rings. The van der Waals surface area contributed by atoms with Crippen LogP contribution in [-0.4, -0.2) is 92.7 Å². The summed E-state index contributed by atoms with van der Waals surface area (Å²) in [4.78, 5) is 0. The van der Waals surface area contributed by atoms with Crippen molar-refractivity contribution in [1.82, 2.24) is 5.32 Å². The third kappa shape index (κ3) is 5.00. The van der Waals surface area contributed by atoms with E-state index in [9.17, 15) is 25.5 Å². The van der Waals surface area contributed by atoms with Crippen LogP contribution in [0.25, 0.3) is 0 Å². The summed E-state index contributed by atoms with van der Waals surface area (Å²) in [6, 6.07) is 7.41. The van der Waals surface area contributed by atoms with Gasteiger partial charge >= 0.3 is 0 Å². The molecule has 10 heteroatoms. The van der Waals surface area contributed by atoms with Gasteiger partial charge in [0.2, 0.25) is 0 Å². The fourth-order valence-electron chi connectivity index (χ4n) is 4.07. The normalized spacial score (nSPS) is 43.3. The van der Waals surface area contributed by atoms with Crippen LogP contribution in [0.1, 0.15) is 18.9 Å². The van der Waals surface area contributed by atoms with E-state index in [-0.39, 0.29) is 0 Å². The van der Waals surface area contributed by atoms with Crippen molar-refractivity contribution in [3.8, 4) is 0 Å². The molecule has 1 aromatic carbocycles. The molecule has 0 amide bonds. The highest BCUT2D eigenvalue weighted by atomic mass is 16.7. The second-order valence-corrected chi connectivity index (χ2v) is 8.22. The fourth-order valence-corrected chi connectivity index (χ4v) is 4.07. The largest absolute Gasteiger partial charge is 0.391 e. The SMILES string of the molecule is C[C@@H](O)C1O[C@H](O[C@@H]2C(N)CC(NCc3ccccc3)[C@@H](O)[C@H]2O)[C@@H](N)C(O)[C@@H]1O. The number of benzene rings is 1. The molecular formula is C20H33N3O7. The van der Waals surface area contributed by atoms with Gasteiger partial charge in [0, 0.05) is 18.6 Å². The van der Waals surface area contributed by atoms with Gasteiger partial charge in [-0.15, -0.1) is 0 Å². The van der Waals surface area contributed by atoms with Crippen molar-refractivity contribution in [2.75, 3.05) is 0 Å². The van der Waals surface area contributed by atoms with Gasteiger partial charge in [0.15, 0.2) is 6.29 Å². The molecule has 10 N–H and O–H groups in total. The molecule has 10 nitrogen and oxygen atoms in total. The number of aliphatic hydroxyl groups is 5. The summed E-state index contributed by atoms with van der Waals surface area (Å²) < 4.78 is 11.3. The zero-order chi connectivity index (χ0) is 22.0. The van der Waals surface area contributed by atoms with Gasteiger partial charge in [-0.2, -0.15) is 0 Å². The first-order valence-electron chi connectivity index (χ1n) is 10.2. The van der Waals surface area contributed by atoms with Crippen LogP contribution in [0.5, 0.6) is 0 Å². The first kappa shape index (κ1) is 23.5. The number of ether oxygens (including phenoxy) is 2. The Morgan fingerprint density at radius 3 is 2.37 bits per heavy atom. The maximum Gasteiger partial charge on any atom is 0.176 e. The molecule has 11 atom stereocenters. The molecule has 170 valence electrons. The Bertz CT molecular complexity index is 667. The second-order valence-electron chi connectivity index (χ2n) is 8.22. The molecule has 1 aliphatic heterocycles. The van der Waals surface area contributed by atoms with Crippen LogP contribution < -0.4 is 16.8 Å². The molecule has 1 aliphatic carbocycles. The van der Waals surface area contributed by atoms with E-state index < -0.39 is 67.1 Å². The molecule has 1 saturated heterocycles. The Kier molecular flexibility index (Phi) is 7.80. The summed E-state index contributed by atoms with van der Waals surface area (Å²) in [5.74, 6) is 0. The van der Waals surface area contributed by atoms with Crippen LogP contribution in [0.4, 0.5) is 0 Å². The Labute approximate surface area is 175 Å². The summed E-state index contributed by atoms with van der Waals surface area (Å²) >= 11 is 0. The highest BCUT2D eigenvalue weighted by Gasteiger charge is 2.49. The minimum Gasteiger partial charge on any atom is -0.391 e. The van der Waals surface area contributed by atoms with Gasteiger partial charge in [-0.25, -0.2) is 0 Å². The number of rotatable bonds is 6. The van der Waals surface area contributed by atoms with Crippen molar-refractivity contribution in [2.24, 2.45) is 11.5 Å². The Morgan fingerprint density at radius 2 is 1.73 bits per heavy atom. The second kappa shape index (κ2) is 9.96. The number of hydrogen-bond acceptors (Lipinski definition) is 10. The van der Waals surface area contributed by atoms with Gasteiger partial charge in [-0.1, -0.05) is 30.3 Å². The quantitative estimate of drug-likeness (QED) is 0.235. The number of aliphatic hydroxyl groups excluding tert-OH is 5. The van der Waals surface area contributed by atoms with E-state index in [0.29, 0.717) is 13.0 Å². The first-order chi connectivity index (χ1) is 14.2. The van der Waals surface area contributed by atoms with Crippen molar-refractivity contribution >= 4 is 0 Å². The number of nitrogens with one attached hydrogen (secondary N) is 1. The Hall–Kier alpha value is -1.18. The minimum atomic E-state index is -1.40. The summed E-state index contributed by atoms with van der Waals surface area (Å²) in [6.45, 7) is 1.91. The van der Waals surface area contributed by atoms with Gasteiger partial charge in [0.05, 0.1) is 18.2 Å². The molecular weight excluding hydrogens is 394 g/mol. The van der Waals surface area contributed by atoms with Crippen molar-refractivity contribution in [1.29, 1.82) is 0 Å². The number of hydrogen-bond donors (Lipinski definition) is 8. The van der Waals surface area contributed by atoms with Crippen molar-refractivity contribution in [3.63, 3.8) is 0 Å². The molecule has 4 unspecified atom stereocenters. The molecule has 1 aromatic rings. The Morgan fingerprint density at radius 1 is 1.07 bits per heavy atom. The van der Waals surface area contributed by atoms with Crippen LogP contribution in [0.3, 0.4) is 0 Å². The monoisotopic (exact) mass is 427 g/mol. The molecule has 3 rings (SSSR count). The maximum atomic E-state index is 10.6.